The van der Waals surface area contributed by atoms with E-state index in [4.69, 9.17) is 0 Å². The van der Waals surface area contributed by atoms with Gasteiger partial charge in [0.1, 0.15) is 10.5 Å². The zero-order valence-electron chi connectivity index (χ0n) is 13.1. The molecule has 144 valence electrons. The molecule has 1 atom stereocenters. The van der Waals surface area contributed by atoms with Crippen LogP contribution in [-0.4, -0.2) is 12.2 Å². The first-order valence-corrected chi connectivity index (χ1v) is 8.34. The SMILES string of the molecule is F[B-](F)(F)F.O=[N+]([O-])c1cccc(-c2cc3ccccc3[s+]2C(F)(F)F)c1. The molecule has 0 aliphatic carbocycles. The summed E-state index contributed by atoms with van der Waals surface area (Å²) in [6.07, 6.45) is 0. The predicted molar refractivity (Wildman–Crippen MR) is 90.0 cm³/mol. The van der Waals surface area contributed by atoms with Crippen molar-refractivity contribution in [2.75, 3.05) is 0 Å². The second-order valence-electron chi connectivity index (χ2n) is 5.10. The summed E-state index contributed by atoms with van der Waals surface area (Å²) in [5.74, 6) is 0. The Hall–Kier alpha value is -2.63. The number of rotatable bonds is 2. The van der Waals surface area contributed by atoms with Crippen LogP contribution in [0, 0.1) is 10.1 Å². The third kappa shape index (κ3) is 5.42. The minimum atomic E-state index is -6.00. The third-order valence-electron chi connectivity index (χ3n) is 3.22. The van der Waals surface area contributed by atoms with Gasteiger partial charge in [-0.05, 0) is 18.2 Å². The minimum Gasteiger partial charge on any atom is -0.418 e. The quantitative estimate of drug-likeness (QED) is 0.151. The first-order chi connectivity index (χ1) is 12.4. The highest BCUT2D eigenvalue weighted by Crippen LogP contribution is 2.54. The van der Waals surface area contributed by atoms with Crippen LogP contribution in [0.4, 0.5) is 36.1 Å². The monoisotopic (exact) mass is 411 g/mol. The molecule has 0 aliphatic rings. The first-order valence-electron chi connectivity index (χ1n) is 7.12. The van der Waals surface area contributed by atoms with E-state index in [9.17, 15) is 40.5 Å². The number of halogens is 7. The van der Waals surface area contributed by atoms with Crippen LogP contribution in [0.5, 0.6) is 0 Å². The Morgan fingerprint density at radius 3 is 2.07 bits per heavy atom. The lowest BCUT2D eigenvalue weighted by molar-refractivity contribution is -0.384. The van der Waals surface area contributed by atoms with E-state index in [2.05, 4.69) is 0 Å². The maximum absolute atomic E-state index is 13.5. The molecule has 3 rings (SSSR count). The number of nitro groups is 1. The van der Waals surface area contributed by atoms with E-state index < -0.39 is 28.2 Å². The molecule has 1 aromatic heterocycles. The van der Waals surface area contributed by atoms with Gasteiger partial charge in [0.05, 0.1) is 4.92 Å². The van der Waals surface area contributed by atoms with E-state index in [1.807, 2.05) is 0 Å². The maximum Gasteiger partial charge on any atom is 0.673 e. The second-order valence-corrected chi connectivity index (χ2v) is 7.06. The third-order valence-corrected chi connectivity index (χ3v) is 5.29. The Balaban J connectivity index is 0.000000465. The molecule has 12 heteroatoms. The summed E-state index contributed by atoms with van der Waals surface area (Å²) in [7, 11) is -8.09. The van der Waals surface area contributed by atoms with E-state index in [-0.39, 0.29) is 20.8 Å². The van der Waals surface area contributed by atoms with Crippen LogP contribution in [0.15, 0.2) is 54.6 Å². The summed E-state index contributed by atoms with van der Waals surface area (Å²) >= 11 is 0. The van der Waals surface area contributed by atoms with Crippen LogP contribution < -0.4 is 0 Å². The van der Waals surface area contributed by atoms with Gasteiger partial charge in [0.25, 0.3) is 5.69 Å². The molecule has 0 saturated heterocycles. The number of hydrogen-bond donors (Lipinski definition) is 0. The van der Waals surface area contributed by atoms with Crippen molar-refractivity contribution in [1.82, 2.24) is 0 Å². The first kappa shape index (κ1) is 20.7. The highest BCUT2D eigenvalue weighted by atomic mass is 32.2. The van der Waals surface area contributed by atoms with Gasteiger partial charge < -0.3 is 17.3 Å². The molecule has 0 radical (unpaired) electrons. The molecule has 0 spiro atoms. The van der Waals surface area contributed by atoms with Crippen molar-refractivity contribution in [2.45, 2.75) is 5.51 Å². The van der Waals surface area contributed by atoms with Crippen molar-refractivity contribution in [2.24, 2.45) is 0 Å². The van der Waals surface area contributed by atoms with Crippen LogP contribution in [0.25, 0.3) is 20.5 Å². The van der Waals surface area contributed by atoms with Gasteiger partial charge in [-0.1, -0.05) is 18.2 Å². The van der Waals surface area contributed by atoms with Gasteiger partial charge in [-0.2, -0.15) is 0 Å². The van der Waals surface area contributed by atoms with Gasteiger partial charge in [-0.3, -0.25) is 10.1 Å². The number of thiophene rings is 1. The normalized spacial score (nSPS) is 12.5. The van der Waals surface area contributed by atoms with Gasteiger partial charge in [0, 0.05) is 29.1 Å². The van der Waals surface area contributed by atoms with E-state index >= 15 is 0 Å². The van der Waals surface area contributed by atoms with Gasteiger partial charge in [0.2, 0.25) is 0 Å². The molecule has 0 N–H and O–H groups in total. The van der Waals surface area contributed by atoms with Crippen LogP contribution in [-0.2, 0) is 5.51 Å². The standard InChI is InChI=1S/C15H9F3NO2S.BF4/c16-15(17,18)22-13-7-2-1-4-11(13)9-14(22)10-5-3-6-12(8-10)19(20)21;2-1(3,4)5/h1-9H;/q+1;-1. The van der Waals surface area contributed by atoms with Crippen LogP contribution in [0.1, 0.15) is 0 Å². The summed E-state index contributed by atoms with van der Waals surface area (Å²) in [4.78, 5) is 10.3. The predicted octanol–water partition coefficient (Wildman–Crippen LogP) is 6.94. The molecule has 0 bridgehead atoms. The zero-order valence-corrected chi connectivity index (χ0v) is 13.9. The maximum atomic E-state index is 13.5. The highest BCUT2D eigenvalue weighted by Gasteiger charge is 2.48. The fourth-order valence-corrected chi connectivity index (χ4v) is 4.25. The lowest BCUT2D eigenvalue weighted by atomic mass is 10.1. The van der Waals surface area contributed by atoms with Crippen LogP contribution >= 0.6 is 10.5 Å². The summed E-state index contributed by atoms with van der Waals surface area (Å²) < 4.78 is 79.6. The Labute approximate surface area is 150 Å². The fourth-order valence-electron chi connectivity index (χ4n) is 2.33. The largest absolute Gasteiger partial charge is 0.673 e. The van der Waals surface area contributed by atoms with Crippen LogP contribution in [0.3, 0.4) is 0 Å². The summed E-state index contributed by atoms with van der Waals surface area (Å²) in [5, 5.41) is 11.3. The molecule has 1 unspecified atom stereocenters. The van der Waals surface area contributed by atoms with Gasteiger partial charge >= 0.3 is 12.8 Å². The molecule has 3 nitrogen and oxygen atoms in total. The summed E-state index contributed by atoms with van der Waals surface area (Å²) in [5.41, 5.74) is -4.42. The molecular formula is C15H9BF7NO2S. The van der Waals surface area contributed by atoms with Gasteiger partial charge in [-0.15, -0.1) is 13.2 Å². The van der Waals surface area contributed by atoms with E-state index in [1.165, 1.54) is 36.4 Å². The number of nitrogens with zero attached hydrogens (tertiary/aromatic N) is 1. The average molecular weight is 411 g/mol. The van der Waals surface area contributed by atoms with E-state index in [1.54, 1.807) is 18.2 Å². The smallest absolute Gasteiger partial charge is 0.418 e. The molecule has 2 aromatic carbocycles. The van der Waals surface area contributed by atoms with Crippen molar-refractivity contribution in [1.29, 1.82) is 0 Å². The average Bonchev–Trinajstić information content (AvgIpc) is 2.93. The Kier molecular flexibility index (Phi) is 5.78. The lowest BCUT2D eigenvalue weighted by Gasteiger charge is -2.00. The summed E-state index contributed by atoms with van der Waals surface area (Å²) in [6.45, 7) is 0. The Bertz CT molecular complexity index is 963. The number of alkyl halides is 3. The van der Waals surface area contributed by atoms with Gasteiger partial charge in [-0.25, -0.2) is 0 Å². The number of hydrogen-bond acceptors (Lipinski definition) is 2. The minimum absolute atomic E-state index is 0.0670. The molecule has 1 heterocycles. The fraction of sp³-hybridized carbons (Fsp3) is 0.0667. The van der Waals surface area contributed by atoms with E-state index in [0.29, 0.717) is 5.39 Å². The second kappa shape index (κ2) is 7.55. The highest BCUT2D eigenvalue weighted by molar-refractivity contribution is 7.41. The number of non-ortho nitro benzene ring substituents is 1. The van der Waals surface area contributed by atoms with Crippen molar-refractivity contribution in [3.8, 4) is 10.4 Å². The molecule has 0 fully saturated rings. The Morgan fingerprint density at radius 1 is 0.926 bits per heavy atom. The molecular weight excluding hydrogens is 402 g/mol. The number of nitro benzene ring substituents is 1. The van der Waals surface area contributed by atoms with E-state index in [0.717, 1.165) is 0 Å². The summed E-state index contributed by atoms with van der Waals surface area (Å²) in [6, 6.07) is 13.1. The lowest BCUT2D eigenvalue weighted by Crippen LogP contribution is -2.02. The molecule has 0 amide bonds. The number of benzene rings is 2. The molecule has 3 aromatic rings. The van der Waals surface area contributed by atoms with Crippen molar-refractivity contribution in [3.63, 3.8) is 0 Å². The van der Waals surface area contributed by atoms with Crippen LogP contribution in [0.2, 0.25) is 0 Å². The number of fused-ring (bicyclic) bond motifs is 1. The Morgan fingerprint density at radius 2 is 1.52 bits per heavy atom. The van der Waals surface area contributed by atoms with Crippen molar-refractivity contribution >= 4 is 33.5 Å². The molecule has 0 saturated carbocycles. The topological polar surface area (TPSA) is 43.1 Å². The van der Waals surface area contributed by atoms with Crippen molar-refractivity contribution < 1.29 is 35.4 Å². The zero-order chi connectivity index (χ0) is 20.4. The molecule has 0 aliphatic heterocycles. The van der Waals surface area contributed by atoms with Gasteiger partial charge in [0.15, 0.2) is 9.58 Å². The van der Waals surface area contributed by atoms with Crippen molar-refractivity contribution in [3.05, 3.63) is 64.7 Å². The molecule has 27 heavy (non-hydrogen) atoms.